The van der Waals surface area contributed by atoms with Crippen LogP contribution in [0.2, 0.25) is 0 Å². The van der Waals surface area contributed by atoms with Crippen LogP contribution >= 0.6 is 11.8 Å². The Morgan fingerprint density at radius 1 is 1.19 bits per heavy atom. The Bertz CT molecular complexity index is 1090. The fraction of sp³-hybridized carbons (Fsp3) is 0.294. The van der Waals surface area contributed by atoms with E-state index in [2.05, 4.69) is 9.97 Å². The molecule has 136 valence electrons. The van der Waals surface area contributed by atoms with E-state index in [1.54, 1.807) is 26.3 Å². The highest BCUT2D eigenvalue weighted by molar-refractivity contribution is 7.99. The number of ether oxygens (including phenoxy) is 1. The normalized spacial score (nSPS) is 11.1. The van der Waals surface area contributed by atoms with Gasteiger partial charge in [-0.15, -0.1) is 11.8 Å². The van der Waals surface area contributed by atoms with Crippen LogP contribution in [-0.2, 0) is 14.1 Å². The van der Waals surface area contributed by atoms with Crippen molar-refractivity contribution in [2.75, 3.05) is 19.5 Å². The van der Waals surface area contributed by atoms with E-state index < -0.39 is 11.2 Å². The number of hydrogen-bond donors (Lipinski definition) is 1. The number of aromatic nitrogens is 4. The van der Waals surface area contributed by atoms with Gasteiger partial charge >= 0.3 is 5.69 Å². The predicted octanol–water partition coefficient (Wildman–Crippen LogP) is 0.787. The average molecular weight is 374 g/mol. The van der Waals surface area contributed by atoms with Crippen molar-refractivity contribution >= 4 is 22.8 Å². The third-order valence-corrected chi connectivity index (χ3v) is 4.88. The first-order chi connectivity index (χ1) is 12.5. The number of aliphatic hydroxyl groups excluding tert-OH is 1. The molecule has 0 saturated heterocycles. The minimum atomic E-state index is -0.462. The zero-order valence-electron chi connectivity index (χ0n) is 14.6. The summed E-state index contributed by atoms with van der Waals surface area (Å²) in [6, 6.07) is 7.22. The van der Waals surface area contributed by atoms with E-state index in [1.807, 2.05) is 12.1 Å². The number of nitrogens with zero attached hydrogens (tertiary/aromatic N) is 4. The molecule has 0 saturated carbocycles. The van der Waals surface area contributed by atoms with Crippen molar-refractivity contribution in [1.82, 2.24) is 19.1 Å². The van der Waals surface area contributed by atoms with Crippen molar-refractivity contribution in [3.63, 3.8) is 0 Å². The molecule has 0 radical (unpaired) electrons. The Labute approximate surface area is 153 Å². The summed E-state index contributed by atoms with van der Waals surface area (Å²) >= 11 is 1.25. The zero-order chi connectivity index (χ0) is 18.8. The molecular weight excluding hydrogens is 356 g/mol. The number of aryl methyl sites for hydroxylation is 1. The lowest BCUT2D eigenvalue weighted by Crippen LogP contribution is -2.37. The highest BCUT2D eigenvalue weighted by atomic mass is 32.2. The second kappa shape index (κ2) is 7.30. The SMILES string of the molecule is COc1cccc(-c2nc(SCCO)c3c(=O)n(C)c(=O)n(C)c3n2)c1. The molecule has 8 nitrogen and oxygen atoms in total. The number of fused-ring (bicyclic) bond motifs is 1. The molecule has 0 aliphatic rings. The molecule has 0 spiro atoms. The van der Waals surface area contributed by atoms with Crippen LogP contribution in [0.15, 0.2) is 38.9 Å². The van der Waals surface area contributed by atoms with Crippen molar-refractivity contribution in [2.24, 2.45) is 14.1 Å². The smallest absolute Gasteiger partial charge is 0.332 e. The fourth-order valence-corrected chi connectivity index (χ4v) is 3.33. The van der Waals surface area contributed by atoms with E-state index in [0.29, 0.717) is 27.9 Å². The van der Waals surface area contributed by atoms with Crippen LogP contribution in [0.1, 0.15) is 0 Å². The summed E-state index contributed by atoms with van der Waals surface area (Å²) in [5.74, 6) is 1.39. The van der Waals surface area contributed by atoms with Crippen molar-refractivity contribution in [1.29, 1.82) is 0 Å². The molecule has 0 bridgehead atoms. The van der Waals surface area contributed by atoms with Crippen molar-refractivity contribution in [3.8, 4) is 17.1 Å². The second-order valence-corrected chi connectivity index (χ2v) is 6.64. The largest absolute Gasteiger partial charge is 0.497 e. The Kier molecular flexibility index (Phi) is 5.10. The van der Waals surface area contributed by atoms with Gasteiger partial charge in [-0.2, -0.15) is 0 Å². The molecule has 1 aromatic carbocycles. The van der Waals surface area contributed by atoms with Crippen LogP contribution < -0.4 is 16.0 Å². The molecule has 26 heavy (non-hydrogen) atoms. The third-order valence-electron chi connectivity index (χ3n) is 3.92. The maximum absolute atomic E-state index is 12.6. The lowest BCUT2D eigenvalue weighted by molar-refractivity contribution is 0.322. The highest BCUT2D eigenvalue weighted by Gasteiger charge is 2.18. The standard InChI is InChI=1S/C17H18N4O4S/c1-20-14-12(16(23)21(2)17(20)24)15(26-8-7-22)19-13(18-14)10-5-4-6-11(9-10)25-3/h4-6,9,22H,7-8H2,1-3H3. The number of thioether (sulfide) groups is 1. The first kappa shape index (κ1) is 18.2. The number of hydrogen-bond acceptors (Lipinski definition) is 7. The second-order valence-electron chi connectivity index (χ2n) is 5.56. The van der Waals surface area contributed by atoms with Gasteiger partial charge in [0.2, 0.25) is 0 Å². The molecule has 2 aromatic heterocycles. The lowest BCUT2D eigenvalue weighted by Gasteiger charge is -2.12. The van der Waals surface area contributed by atoms with Crippen LogP contribution in [0, 0.1) is 0 Å². The van der Waals surface area contributed by atoms with E-state index in [1.165, 1.54) is 23.4 Å². The van der Waals surface area contributed by atoms with Gasteiger partial charge in [0, 0.05) is 25.4 Å². The molecule has 0 atom stereocenters. The van der Waals surface area contributed by atoms with Crippen molar-refractivity contribution < 1.29 is 9.84 Å². The van der Waals surface area contributed by atoms with Crippen LogP contribution in [0.5, 0.6) is 5.75 Å². The van der Waals surface area contributed by atoms with Crippen molar-refractivity contribution in [2.45, 2.75) is 5.03 Å². The molecule has 9 heteroatoms. The van der Waals surface area contributed by atoms with Gasteiger partial charge in [0.15, 0.2) is 11.5 Å². The lowest BCUT2D eigenvalue weighted by atomic mass is 10.2. The van der Waals surface area contributed by atoms with Gasteiger partial charge in [0.05, 0.1) is 13.7 Å². The molecule has 0 aliphatic heterocycles. The third kappa shape index (κ3) is 3.11. The summed E-state index contributed by atoms with van der Waals surface area (Å²) in [6.45, 7) is -0.0588. The van der Waals surface area contributed by atoms with Crippen LogP contribution in [0.3, 0.4) is 0 Å². The van der Waals surface area contributed by atoms with Gasteiger partial charge in [-0.3, -0.25) is 13.9 Å². The van der Waals surface area contributed by atoms with Gasteiger partial charge in [-0.1, -0.05) is 12.1 Å². The number of methoxy groups -OCH3 is 1. The van der Waals surface area contributed by atoms with Gasteiger partial charge in [-0.25, -0.2) is 14.8 Å². The molecule has 0 amide bonds. The van der Waals surface area contributed by atoms with E-state index in [4.69, 9.17) is 9.84 Å². The summed E-state index contributed by atoms with van der Waals surface area (Å²) in [5.41, 5.74) is 0.0354. The number of benzene rings is 1. The minimum absolute atomic E-state index is 0.0588. The van der Waals surface area contributed by atoms with E-state index >= 15 is 0 Å². The topological polar surface area (TPSA) is 99.2 Å². The predicted molar refractivity (Wildman–Crippen MR) is 99.8 cm³/mol. The molecule has 0 fully saturated rings. The highest BCUT2D eigenvalue weighted by Crippen LogP contribution is 2.27. The Hall–Kier alpha value is -2.65. The van der Waals surface area contributed by atoms with Crippen LogP contribution in [0.4, 0.5) is 0 Å². The first-order valence-corrected chi connectivity index (χ1v) is 8.82. The Balaban J connectivity index is 2.36. The van der Waals surface area contributed by atoms with Crippen LogP contribution in [0.25, 0.3) is 22.4 Å². The van der Waals surface area contributed by atoms with E-state index in [9.17, 15) is 9.59 Å². The number of aliphatic hydroxyl groups is 1. The zero-order valence-corrected chi connectivity index (χ0v) is 15.4. The van der Waals surface area contributed by atoms with Gasteiger partial charge in [0.25, 0.3) is 5.56 Å². The summed E-state index contributed by atoms with van der Waals surface area (Å²) in [7, 11) is 4.55. The van der Waals surface area contributed by atoms with E-state index in [0.717, 1.165) is 4.57 Å². The van der Waals surface area contributed by atoms with Crippen molar-refractivity contribution in [3.05, 3.63) is 45.1 Å². The Morgan fingerprint density at radius 2 is 1.96 bits per heavy atom. The maximum Gasteiger partial charge on any atom is 0.332 e. The van der Waals surface area contributed by atoms with E-state index in [-0.39, 0.29) is 17.6 Å². The summed E-state index contributed by atoms with van der Waals surface area (Å²) in [4.78, 5) is 33.9. The van der Waals surface area contributed by atoms with Gasteiger partial charge in [-0.05, 0) is 12.1 Å². The molecule has 3 rings (SSSR count). The average Bonchev–Trinajstić information content (AvgIpc) is 2.68. The maximum atomic E-state index is 12.6. The molecular formula is C17H18N4O4S. The van der Waals surface area contributed by atoms with Gasteiger partial charge < -0.3 is 9.84 Å². The Morgan fingerprint density at radius 3 is 2.65 bits per heavy atom. The fourth-order valence-electron chi connectivity index (χ4n) is 2.57. The molecule has 2 heterocycles. The van der Waals surface area contributed by atoms with Gasteiger partial charge in [0.1, 0.15) is 16.2 Å². The quantitative estimate of drug-likeness (QED) is 0.521. The van der Waals surface area contributed by atoms with Crippen LogP contribution in [-0.4, -0.2) is 43.7 Å². The molecule has 1 N–H and O–H groups in total. The molecule has 3 aromatic rings. The summed E-state index contributed by atoms with van der Waals surface area (Å²) in [5, 5.41) is 9.85. The molecule has 0 unspecified atom stereocenters. The first-order valence-electron chi connectivity index (χ1n) is 7.83. The summed E-state index contributed by atoms with van der Waals surface area (Å²) < 4.78 is 7.59. The summed E-state index contributed by atoms with van der Waals surface area (Å²) in [6.07, 6.45) is 0. The molecule has 0 aliphatic carbocycles. The minimum Gasteiger partial charge on any atom is -0.497 e. The number of rotatable bonds is 5. The monoisotopic (exact) mass is 374 g/mol.